The zero-order valence-corrected chi connectivity index (χ0v) is 17.9. The molecule has 0 atom stereocenters. The number of carbonyl (C=O) groups is 2. The molecule has 0 aliphatic carbocycles. The van der Waals surface area contributed by atoms with E-state index in [1.54, 1.807) is 6.07 Å². The van der Waals surface area contributed by atoms with Crippen LogP contribution in [0.25, 0.3) is 0 Å². The van der Waals surface area contributed by atoms with E-state index in [0.29, 0.717) is 48.3 Å². The maximum absolute atomic E-state index is 12.1. The third-order valence-electron chi connectivity index (χ3n) is 3.93. The fourth-order valence-corrected chi connectivity index (χ4v) is 2.86. The number of nitrogens with one attached hydrogen (secondary N) is 2. The van der Waals surface area contributed by atoms with Crippen LogP contribution >= 0.6 is 23.2 Å². The first-order valence-corrected chi connectivity index (χ1v) is 10.1. The van der Waals surface area contributed by atoms with E-state index in [4.69, 9.17) is 32.7 Å². The number of benzene rings is 2. The maximum atomic E-state index is 12.1. The largest absolute Gasteiger partial charge is 0.490 e. The Morgan fingerprint density at radius 1 is 0.897 bits per heavy atom. The van der Waals surface area contributed by atoms with Crippen LogP contribution in [0.3, 0.4) is 0 Å². The molecular formula is C21H24Cl2N2O4. The van der Waals surface area contributed by atoms with Gasteiger partial charge in [-0.3, -0.25) is 9.59 Å². The first-order valence-electron chi connectivity index (χ1n) is 9.33. The fourth-order valence-electron chi connectivity index (χ4n) is 2.56. The lowest BCUT2D eigenvalue weighted by molar-refractivity contribution is -0.120. The normalized spacial score (nSPS) is 10.3. The average molecular weight is 439 g/mol. The lowest BCUT2D eigenvalue weighted by Crippen LogP contribution is -2.37. The third kappa shape index (κ3) is 7.15. The minimum atomic E-state index is -0.397. The Hall–Kier alpha value is -2.44. The van der Waals surface area contributed by atoms with Crippen molar-refractivity contribution in [3.05, 3.63) is 57.6 Å². The second-order valence-electron chi connectivity index (χ2n) is 6.06. The molecule has 2 aromatic carbocycles. The van der Waals surface area contributed by atoms with Gasteiger partial charge in [-0.2, -0.15) is 0 Å². The van der Waals surface area contributed by atoms with Crippen LogP contribution in [0.5, 0.6) is 11.5 Å². The summed E-state index contributed by atoms with van der Waals surface area (Å²) in [5.74, 6) is 0.709. The van der Waals surface area contributed by atoms with E-state index in [1.165, 1.54) is 12.1 Å². The Kier molecular flexibility index (Phi) is 9.09. The number of hydrogen-bond donors (Lipinski definition) is 2. The molecule has 0 saturated carbocycles. The summed E-state index contributed by atoms with van der Waals surface area (Å²) in [4.78, 5) is 24.1. The zero-order chi connectivity index (χ0) is 21.2. The Balaban J connectivity index is 1.79. The highest BCUT2D eigenvalue weighted by Gasteiger charge is 2.10. The predicted molar refractivity (Wildman–Crippen MR) is 114 cm³/mol. The molecule has 0 aliphatic heterocycles. The molecule has 29 heavy (non-hydrogen) atoms. The van der Waals surface area contributed by atoms with Crippen molar-refractivity contribution in [2.75, 3.05) is 26.3 Å². The summed E-state index contributed by atoms with van der Waals surface area (Å²) in [6.07, 6.45) is 0.624. The summed E-state index contributed by atoms with van der Waals surface area (Å²) in [7, 11) is 0. The molecule has 6 nitrogen and oxygen atoms in total. The number of ether oxygens (including phenoxy) is 2. The molecule has 0 radical (unpaired) electrons. The second kappa shape index (κ2) is 11.5. The van der Waals surface area contributed by atoms with Gasteiger partial charge in [-0.1, -0.05) is 29.3 Å². The lowest BCUT2D eigenvalue weighted by Gasteiger charge is -2.13. The minimum Gasteiger partial charge on any atom is -0.490 e. The van der Waals surface area contributed by atoms with E-state index in [9.17, 15) is 9.59 Å². The average Bonchev–Trinajstić information content (AvgIpc) is 2.70. The van der Waals surface area contributed by atoms with Gasteiger partial charge < -0.3 is 20.1 Å². The van der Waals surface area contributed by atoms with Crippen molar-refractivity contribution < 1.29 is 19.1 Å². The van der Waals surface area contributed by atoms with Gasteiger partial charge in [0.15, 0.2) is 11.5 Å². The number of rotatable bonds is 10. The molecule has 2 N–H and O–H groups in total. The summed E-state index contributed by atoms with van der Waals surface area (Å²) in [5, 5.41) is 5.98. The minimum absolute atomic E-state index is 0.132. The molecule has 0 aliphatic rings. The highest BCUT2D eigenvalue weighted by molar-refractivity contribution is 6.42. The molecule has 0 aromatic heterocycles. The van der Waals surface area contributed by atoms with Gasteiger partial charge in [-0.15, -0.1) is 0 Å². The van der Waals surface area contributed by atoms with E-state index in [0.717, 1.165) is 5.56 Å². The van der Waals surface area contributed by atoms with Gasteiger partial charge >= 0.3 is 0 Å². The van der Waals surface area contributed by atoms with Gasteiger partial charge in [0.1, 0.15) is 0 Å². The smallest absolute Gasteiger partial charge is 0.251 e. The van der Waals surface area contributed by atoms with Gasteiger partial charge in [0, 0.05) is 12.1 Å². The molecule has 0 fully saturated rings. The molecule has 2 aromatic rings. The Morgan fingerprint density at radius 2 is 1.62 bits per heavy atom. The summed E-state index contributed by atoms with van der Waals surface area (Å²) in [6.45, 7) is 5.23. The SMILES string of the molecule is CCOc1ccc(CCNC(=O)CNC(=O)c2ccc(Cl)c(Cl)c2)cc1OCC. The summed E-state index contributed by atoms with van der Waals surface area (Å²) >= 11 is 11.7. The first kappa shape index (κ1) is 22.8. The van der Waals surface area contributed by atoms with E-state index < -0.39 is 5.91 Å². The Bertz CT molecular complexity index is 859. The van der Waals surface area contributed by atoms with Crippen molar-refractivity contribution >= 4 is 35.0 Å². The van der Waals surface area contributed by atoms with Crippen LogP contribution in [0.4, 0.5) is 0 Å². The highest BCUT2D eigenvalue weighted by atomic mass is 35.5. The van der Waals surface area contributed by atoms with Crippen LogP contribution < -0.4 is 20.1 Å². The van der Waals surface area contributed by atoms with Crippen molar-refractivity contribution in [1.29, 1.82) is 0 Å². The van der Waals surface area contributed by atoms with E-state index >= 15 is 0 Å². The standard InChI is InChI=1S/C21H24Cl2N2O4/c1-3-28-18-8-5-14(11-19(18)29-4-2)9-10-24-20(26)13-25-21(27)15-6-7-16(22)17(23)12-15/h5-8,11-12H,3-4,9-10,13H2,1-2H3,(H,24,26)(H,25,27). The van der Waals surface area contributed by atoms with Crippen LogP contribution in [-0.4, -0.2) is 38.1 Å². The molecule has 2 rings (SSSR count). The van der Waals surface area contributed by atoms with Gasteiger partial charge in [-0.05, 0) is 56.2 Å². The molecule has 0 heterocycles. The lowest BCUT2D eigenvalue weighted by atomic mass is 10.1. The van der Waals surface area contributed by atoms with Gasteiger partial charge in [0.25, 0.3) is 5.91 Å². The summed E-state index contributed by atoms with van der Waals surface area (Å²) < 4.78 is 11.1. The van der Waals surface area contributed by atoms with Crippen molar-refractivity contribution in [2.24, 2.45) is 0 Å². The van der Waals surface area contributed by atoms with Crippen molar-refractivity contribution in [1.82, 2.24) is 10.6 Å². The summed E-state index contributed by atoms with van der Waals surface area (Å²) in [6, 6.07) is 10.2. The fraction of sp³-hybridized carbons (Fsp3) is 0.333. The van der Waals surface area contributed by atoms with Gasteiger partial charge in [0.05, 0.1) is 29.8 Å². The van der Waals surface area contributed by atoms with Gasteiger partial charge in [-0.25, -0.2) is 0 Å². The molecule has 0 unspecified atom stereocenters. The third-order valence-corrected chi connectivity index (χ3v) is 4.67. The Morgan fingerprint density at radius 3 is 2.31 bits per heavy atom. The summed E-state index contributed by atoms with van der Waals surface area (Å²) in [5.41, 5.74) is 1.35. The van der Waals surface area contributed by atoms with E-state index in [2.05, 4.69) is 10.6 Å². The van der Waals surface area contributed by atoms with Crippen LogP contribution in [0.15, 0.2) is 36.4 Å². The molecular weight excluding hydrogens is 415 g/mol. The molecule has 0 saturated heterocycles. The quantitative estimate of drug-likeness (QED) is 0.589. The number of halogens is 2. The Labute approximate surface area is 180 Å². The topological polar surface area (TPSA) is 76.7 Å². The predicted octanol–water partition coefficient (Wildman–Crippen LogP) is 3.88. The van der Waals surface area contributed by atoms with E-state index in [1.807, 2.05) is 32.0 Å². The molecule has 2 amide bonds. The van der Waals surface area contributed by atoms with Crippen molar-refractivity contribution in [3.63, 3.8) is 0 Å². The number of amides is 2. The van der Waals surface area contributed by atoms with Crippen molar-refractivity contribution in [3.8, 4) is 11.5 Å². The van der Waals surface area contributed by atoms with E-state index in [-0.39, 0.29) is 17.5 Å². The second-order valence-corrected chi connectivity index (χ2v) is 6.87. The molecule has 0 spiro atoms. The number of hydrogen-bond acceptors (Lipinski definition) is 4. The number of carbonyl (C=O) groups excluding carboxylic acids is 2. The first-order chi connectivity index (χ1) is 13.9. The van der Waals surface area contributed by atoms with Crippen LogP contribution in [0.1, 0.15) is 29.8 Å². The maximum Gasteiger partial charge on any atom is 0.251 e. The van der Waals surface area contributed by atoms with Gasteiger partial charge in [0.2, 0.25) is 5.91 Å². The molecule has 156 valence electrons. The van der Waals surface area contributed by atoms with Crippen LogP contribution in [-0.2, 0) is 11.2 Å². The van der Waals surface area contributed by atoms with Crippen LogP contribution in [0.2, 0.25) is 10.0 Å². The molecule has 0 bridgehead atoms. The zero-order valence-electron chi connectivity index (χ0n) is 16.4. The van der Waals surface area contributed by atoms with Crippen molar-refractivity contribution in [2.45, 2.75) is 20.3 Å². The highest BCUT2D eigenvalue weighted by Crippen LogP contribution is 2.28. The monoisotopic (exact) mass is 438 g/mol. The molecule has 8 heteroatoms. The van der Waals surface area contributed by atoms with Crippen LogP contribution in [0, 0.1) is 0 Å².